The summed E-state index contributed by atoms with van der Waals surface area (Å²) in [6.07, 6.45) is -0.507. The van der Waals surface area contributed by atoms with Crippen molar-refractivity contribution >= 4 is 23.9 Å². The standard InChI is InChI=1S/C25H31N3O7/c1-16(2)12-21(24(32)33)27-22(30)14-26-23(31)20(13-17-8-10-19(29)11-9-17)28-25(34)35-15-18-6-4-3-5-7-18/h3-11,16,20-21,29H,12-15H2,1-2H3,(H,26,31)(H,27,30)(H,28,34)(H,32,33)/t20-,21-/m0/s1. The number of aliphatic carboxylic acids is 1. The summed E-state index contributed by atoms with van der Waals surface area (Å²) >= 11 is 0. The van der Waals surface area contributed by atoms with E-state index >= 15 is 0 Å². The van der Waals surface area contributed by atoms with Crippen molar-refractivity contribution in [1.29, 1.82) is 0 Å². The number of carbonyl (C=O) groups is 4. The van der Waals surface area contributed by atoms with Crippen LogP contribution < -0.4 is 16.0 Å². The van der Waals surface area contributed by atoms with Gasteiger partial charge in [-0.1, -0.05) is 56.3 Å². The van der Waals surface area contributed by atoms with Crippen molar-refractivity contribution in [1.82, 2.24) is 16.0 Å². The maximum Gasteiger partial charge on any atom is 0.408 e. The molecular weight excluding hydrogens is 454 g/mol. The number of alkyl carbamates (subject to hydrolysis) is 1. The lowest BCUT2D eigenvalue weighted by molar-refractivity contribution is -0.142. The molecule has 2 atom stereocenters. The Kier molecular flexibility index (Phi) is 10.5. The van der Waals surface area contributed by atoms with Gasteiger partial charge in [0.15, 0.2) is 0 Å². The Balaban J connectivity index is 1.99. The largest absolute Gasteiger partial charge is 0.508 e. The Morgan fingerprint density at radius 1 is 0.886 bits per heavy atom. The predicted octanol–water partition coefficient (Wildman–Crippen LogP) is 1.96. The van der Waals surface area contributed by atoms with E-state index in [9.17, 15) is 29.4 Å². The molecule has 3 amide bonds. The first kappa shape index (κ1) is 27.2. The number of hydrogen-bond donors (Lipinski definition) is 5. The minimum absolute atomic E-state index is 0.00898. The fourth-order valence-electron chi connectivity index (χ4n) is 3.21. The second kappa shape index (κ2) is 13.6. The average Bonchev–Trinajstić information content (AvgIpc) is 2.82. The zero-order valence-electron chi connectivity index (χ0n) is 19.7. The van der Waals surface area contributed by atoms with Crippen LogP contribution in [0.5, 0.6) is 5.75 Å². The minimum atomic E-state index is -1.16. The molecule has 0 spiro atoms. The minimum Gasteiger partial charge on any atom is -0.508 e. The molecule has 0 unspecified atom stereocenters. The quantitative estimate of drug-likeness (QED) is 0.308. The maximum absolute atomic E-state index is 12.8. The molecule has 0 aliphatic rings. The van der Waals surface area contributed by atoms with Crippen LogP contribution in [-0.4, -0.2) is 52.7 Å². The fourth-order valence-corrected chi connectivity index (χ4v) is 3.21. The molecule has 5 N–H and O–H groups in total. The summed E-state index contributed by atoms with van der Waals surface area (Å²) < 4.78 is 5.19. The number of hydrogen-bond acceptors (Lipinski definition) is 6. The fraction of sp³-hybridized carbons (Fsp3) is 0.360. The van der Waals surface area contributed by atoms with E-state index < -0.39 is 42.5 Å². The van der Waals surface area contributed by atoms with E-state index in [0.717, 1.165) is 5.56 Å². The molecule has 0 heterocycles. The highest BCUT2D eigenvalue weighted by atomic mass is 16.5. The summed E-state index contributed by atoms with van der Waals surface area (Å²) in [5.41, 5.74) is 1.42. The van der Waals surface area contributed by atoms with Crippen molar-refractivity contribution in [3.63, 3.8) is 0 Å². The summed E-state index contributed by atoms with van der Waals surface area (Å²) in [6.45, 7) is 3.21. The van der Waals surface area contributed by atoms with Gasteiger partial charge >= 0.3 is 12.1 Å². The molecule has 0 radical (unpaired) electrons. The van der Waals surface area contributed by atoms with Crippen LogP contribution >= 0.6 is 0 Å². The van der Waals surface area contributed by atoms with Gasteiger partial charge in [-0.25, -0.2) is 9.59 Å². The normalized spacial score (nSPS) is 12.3. The zero-order chi connectivity index (χ0) is 25.8. The van der Waals surface area contributed by atoms with Crippen LogP contribution in [0, 0.1) is 5.92 Å². The van der Waals surface area contributed by atoms with Crippen molar-refractivity contribution < 1.29 is 34.1 Å². The van der Waals surface area contributed by atoms with Crippen LogP contribution in [0.25, 0.3) is 0 Å². The molecule has 188 valence electrons. The molecule has 0 aromatic heterocycles. The van der Waals surface area contributed by atoms with E-state index in [-0.39, 0.29) is 31.1 Å². The number of ether oxygens (including phenoxy) is 1. The Morgan fingerprint density at radius 2 is 1.54 bits per heavy atom. The highest BCUT2D eigenvalue weighted by Crippen LogP contribution is 2.12. The molecule has 35 heavy (non-hydrogen) atoms. The summed E-state index contributed by atoms with van der Waals surface area (Å²) in [5, 5.41) is 26.1. The van der Waals surface area contributed by atoms with Gasteiger partial charge in [-0.15, -0.1) is 0 Å². The van der Waals surface area contributed by atoms with E-state index in [1.165, 1.54) is 12.1 Å². The van der Waals surface area contributed by atoms with Crippen molar-refractivity contribution in [2.45, 2.75) is 45.4 Å². The van der Waals surface area contributed by atoms with Crippen molar-refractivity contribution in [2.24, 2.45) is 5.92 Å². The third-order valence-electron chi connectivity index (χ3n) is 4.96. The first-order valence-electron chi connectivity index (χ1n) is 11.2. The smallest absolute Gasteiger partial charge is 0.408 e. The van der Waals surface area contributed by atoms with Crippen LogP contribution in [0.2, 0.25) is 0 Å². The number of rotatable bonds is 12. The Labute approximate surface area is 203 Å². The number of phenols is 1. The second-order valence-electron chi connectivity index (χ2n) is 8.43. The number of benzene rings is 2. The van der Waals surface area contributed by atoms with Crippen molar-refractivity contribution in [3.8, 4) is 5.75 Å². The number of carbonyl (C=O) groups excluding carboxylic acids is 3. The number of carboxylic acids is 1. The van der Waals surface area contributed by atoms with E-state index in [4.69, 9.17) is 4.74 Å². The van der Waals surface area contributed by atoms with E-state index in [0.29, 0.717) is 5.56 Å². The summed E-state index contributed by atoms with van der Waals surface area (Å²) in [4.78, 5) is 48.7. The molecule has 0 aliphatic carbocycles. The lowest BCUT2D eigenvalue weighted by atomic mass is 10.0. The summed E-state index contributed by atoms with van der Waals surface area (Å²) in [7, 11) is 0. The van der Waals surface area contributed by atoms with Gasteiger partial charge < -0.3 is 30.9 Å². The monoisotopic (exact) mass is 485 g/mol. The molecule has 2 aromatic carbocycles. The lowest BCUT2D eigenvalue weighted by Crippen LogP contribution is -2.51. The highest BCUT2D eigenvalue weighted by molar-refractivity contribution is 5.91. The van der Waals surface area contributed by atoms with Crippen molar-refractivity contribution in [3.05, 3.63) is 65.7 Å². The number of phenolic OH excluding ortho intramolecular Hbond substituents is 1. The van der Waals surface area contributed by atoms with Crippen LogP contribution in [0.1, 0.15) is 31.4 Å². The molecular formula is C25H31N3O7. The Hall–Kier alpha value is -4.08. The molecule has 0 saturated carbocycles. The van der Waals surface area contributed by atoms with Gasteiger partial charge in [-0.05, 0) is 35.6 Å². The summed E-state index contributed by atoms with van der Waals surface area (Å²) in [6, 6.07) is 13.0. The average molecular weight is 486 g/mol. The van der Waals surface area contributed by atoms with Gasteiger partial charge in [0.1, 0.15) is 24.4 Å². The van der Waals surface area contributed by atoms with Crippen LogP contribution in [0.4, 0.5) is 4.79 Å². The number of carboxylic acid groups (broad SMARTS) is 1. The van der Waals surface area contributed by atoms with Crippen LogP contribution in [0.3, 0.4) is 0 Å². The third-order valence-corrected chi connectivity index (χ3v) is 4.96. The third kappa shape index (κ3) is 10.2. The molecule has 2 aromatic rings. The van der Waals surface area contributed by atoms with E-state index in [1.807, 2.05) is 19.9 Å². The molecule has 10 nitrogen and oxygen atoms in total. The SMILES string of the molecule is CC(C)C[C@H](NC(=O)CNC(=O)[C@H](Cc1ccc(O)cc1)NC(=O)OCc1ccccc1)C(=O)O. The number of nitrogens with one attached hydrogen (secondary N) is 3. The van der Waals surface area contributed by atoms with Crippen molar-refractivity contribution in [2.75, 3.05) is 6.54 Å². The van der Waals surface area contributed by atoms with E-state index in [1.54, 1.807) is 36.4 Å². The molecule has 0 saturated heterocycles. The van der Waals surface area contributed by atoms with Gasteiger partial charge in [-0.3, -0.25) is 9.59 Å². The first-order valence-corrected chi connectivity index (χ1v) is 11.2. The van der Waals surface area contributed by atoms with Crippen LogP contribution in [-0.2, 0) is 32.1 Å². The first-order chi connectivity index (χ1) is 16.6. The zero-order valence-corrected chi connectivity index (χ0v) is 19.7. The number of amides is 3. The van der Waals surface area contributed by atoms with Crippen LogP contribution in [0.15, 0.2) is 54.6 Å². The maximum atomic E-state index is 12.8. The van der Waals surface area contributed by atoms with Gasteiger partial charge in [0.25, 0.3) is 0 Å². The predicted molar refractivity (Wildman–Crippen MR) is 127 cm³/mol. The summed E-state index contributed by atoms with van der Waals surface area (Å²) in [5.74, 6) is -2.38. The Morgan fingerprint density at radius 3 is 2.14 bits per heavy atom. The molecule has 2 rings (SSSR count). The molecule has 0 aliphatic heterocycles. The van der Waals surface area contributed by atoms with Gasteiger partial charge in [0, 0.05) is 6.42 Å². The van der Waals surface area contributed by atoms with Gasteiger partial charge in [-0.2, -0.15) is 0 Å². The molecule has 10 heteroatoms. The second-order valence-corrected chi connectivity index (χ2v) is 8.43. The highest BCUT2D eigenvalue weighted by Gasteiger charge is 2.24. The molecule has 0 bridgehead atoms. The topological polar surface area (TPSA) is 154 Å². The molecule has 0 fully saturated rings. The number of aromatic hydroxyl groups is 1. The lowest BCUT2D eigenvalue weighted by Gasteiger charge is -2.20. The Bertz CT molecular complexity index is 994. The van der Waals surface area contributed by atoms with Gasteiger partial charge in [0.05, 0.1) is 6.54 Å². The van der Waals surface area contributed by atoms with E-state index in [2.05, 4.69) is 16.0 Å². The van der Waals surface area contributed by atoms with Gasteiger partial charge in [0.2, 0.25) is 11.8 Å².